The molecule has 0 unspecified atom stereocenters. The fourth-order valence-corrected chi connectivity index (χ4v) is 2.56. The molecule has 2 heteroatoms. The second-order valence-electron chi connectivity index (χ2n) is 4.60. The molecule has 2 atom stereocenters. The van der Waals surface area contributed by atoms with Crippen LogP contribution in [0.4, 0.5) is 0 Å². The van der Waals surface area contributed by atoms with Crippen LogP contribution in [-0.2, 0) is 4.79 Å². The van der Waals surface area contributed by atoms with Gasteiger partial charge >= 0.3 is 5.97 Å². The molecular formula is C13H16O2. The van der Waals surface area contributed by atoms with Gasteiger partial charge in [0.15, 0.2) is 0 Å². The van der Waals surface area contributed by atoms with Crippen molar-refractivity contribution in [1.82, 2.24) is 0 Å². The third-order valence-corrected chi connectivity index (χ3v) is 3.22. The highest BCUT2D eigenvalue weighted by molar-refractivity contribution is 5.75. The maximum absolute atomic E-state index is 10.8. The zero-order valence-electron chi connectivity index (χ0n) is 9.37. The van der Waals surface area contributed by atoms with E-state index in [4.69, 9.17) is 5.11 Å². The van der Waals surface area contributed by atoms with E-state index in [9.17, 15) is 4.79 Å². The summed E-state index contributed by atoms with van der Waals surface area (Å²) in [7, 11) is 0. The van der Waals surface area contributed by atoms with Crippen LogP contribution in [0, 0.1) is 26.7 Å². The van der Waals surface area contributed by atoms with Crippen LogP contribution in [-0.4, -0.2) is 11.1 Å². The van der Waals surface area contributed by atoms with Gasteiger partial charge in [0, 0.05) is 0 Å². The third-order valence-electron chi connectivity index (χ3n) is 3.22. The molecule has 1 aliphatic rings. The van der Waals surface area contributed by atoms with Crippen molar-refractivity contribution in [3.05, 3.63) is 34.4 Å². The minimum Gasteiger partial charge on any atom is -0.481 e. The predicted molar refractivity (Wildman–Crippen MR) is 59.1 cm³/mol. The largest absolute Gasteiger partial charge is 0.481 e. The van der Waals surface area contributed by atoms with Crippen LogP contribution in [0.15, 0.2) is 12.1 Å². The molecule has 1 aromatic rings. The summed E-state index contributed by atoms with van der Waals surface area (Å²) < 4.78 is 0. The Balaban J connectivity index is 2.34. The molecule has 2 nitrogen and oxygen atoms in total. The molecule has 1 saturated carbocycles. The minimum absolute atomic E-state index is 0.148. The Hall–Kier alpha value is -1.31. The molecule has 0 bridgehead atoms. The Morgan fingerprint density at radius 2 is 1.80 bits per heavy atom. The lowest BCUT2D eigenvalue weighted by Gasteiger charge is -2.10. The molecule has 0 heterocycles. The number of hydrogen-bond donors (Lipinski definition) is 1. The maximum Gasteiger partial charge on any atom is 0.307 e. The molecule has 1 aromatic carbocycles. The van der Waals surface area contributed by atoms with Gasteiger partial charge in [-0.05, 0) is 49.8 Å². The first-order valence-electron chi connectivity index (χ1n) is 5.31. The fourth-order valence-electron chi connectivity index (χ4n) is 2.56. The van der Waals surface area contributed by atoms with Crippen LogP contribution in [0.3, 0.4) is 0 Å². The highest BCUT2D eigenvalue weighted by atomic mass is 16.4. The molecule has 0 amide bonds. The molecule has 15 heavy (non-hydrogen) atoms. The van der Waals surface area contributed by atoms with Crippen LogP contribution in [0.25, 0.3) is 0 Å². The molecule has 1 aliphatic carbocycles. The van der Waals surface area contributed by atoms with Crippen LogP contribution < -0.4 is 0 Å². The summed E-state index contributed by atoms with van der Waals surface area (Å²) in [5.41, 5.74) is 4.98. The van der Waals surface area contributed by atoms with E-state index in [2.05, 4.69) is 32.9 Å². The first-order chi connectivity index (χ1) is 7.00. The van der Waals surface area contributed by atoms with E-state index in [1.165, 1.54) is 22.3 Å². The summed E-state index contributed by atoms with van der Waals surface area (Å²) >= 11 is 0. The summed E-state index contributed by atoms with van der Waals surface area (Å²) in [4.78, 5) is 10.8. The number of rotatable bonds is 2. The molecule has 0 aromatic heterocycles. The lowest BCUT2D eigenvalue weighted by molar-refractivity contribution is -0.138. The zero-order valence-corrected chi connectivity index (χ0v) is 9.37. The summed E-state index contributed by atoms with van der Waals surface area (Å²) in [6.45, 7) is 6.23. The second-order valence-corrected chi connectivity index (χ2v) is 4.60. The Morgan fingerprint density at radius 1 is 1.27 bits per heavy atom. The summed E-state index contributed by atoms with van der Waals surface area (Å²) in [5.74, 6) is -0.549. The van der Waals surface area contributed by atoms with Crippen molar-refractivity contribution in [1.29, 1.82) is 0 Å². The maximum atomic E-state index is 10.8. The molecule has 0 spiro atoms. The smallest absolute Gasteiger partial charge is 0.307 e. The Labute approximate surface area is 89.9 Å². The van der Waals surface area contributed by atoms with Gasteiger partial charge in [-0.1, -0.05) is 17.7 Å². The van der Waals surface area contributed by atoms with Crippen molar-refractivity contribution in [2.24, 2.45) is 5.92 Å². The standard InChI is InChI=1S/C13H16O2/c1-7-4-8(2)12(9(3)5-7)10-6-11(10)13(14)15/h4-5,10-11H,6H2,1-3H3,(H,14,15)/t10-,11-/m1/s1. The first kappa shape index (κ1) is 10.2. The number of benzene rings is 1. The fraction of sp³-hybridized carbons (Fsp3) is 0.462. The van der Waals surface area contributed by atoms with Gasteiger partial charge in [0.25, 0.3) is 0 Å². The SMILES string of the molecule is Cc1cc(C)c([C@@H]2C[C@H]2C(=O)O)c(C)c1. The number of aliphatic carboxylic acids is 1. The van der Waals surface area contributed by atoms with Crippen molar-refractivity contribution in [3.63, 3.8) is 0 Å². The molecular weight excluding hydrogens is 188 g/mol. The molecule has 2 rings (SSSR count). The van der Waals surface area contributed by atoms with Crippen LogP contribution in [0.2, 0.25) is 0 Å². The number of carbonyl (C=O) groups is 1. The number of aryl methyl sites for hydroxylation is 3. The monoisotopic (exact) mass is 204 g/mol. The van der Waals surface area contributed by atoms with Gasteiger partial charge in [0.2, 0.25) is 0 Å². The number of carboxylic acids is 1. The van der Waals surface area contributed by atoms with E-state index in [1.807, 2.05) is 0 Å². The highest BCUT2D eigenvalue weighted by Crippen LogP contribution is 2.49. The number of hydrogen-bond acceptors (Lipinski definition) is 1. The average Bonchev–Trinajstić information content (AvgIpc) is 2.81. The quantitative estimate of drug-likeness (QED) is 0.804. The highest BCUT2D eigenvalue weighted by Gasteiger charge is 2.45. The van der Waals surface area contributed by atoms with Crippen molar-refractivity contribution in [2.45, 2.75) is 33.1 Å². The Bertz CT molecular complexity index is 398. The van der Waals surface area contributed by atoms with Gasteiger partial charge in [-0.2, -0.15) is 0 Å². The van der Waals surface area contributed by atoms with Gasteiger partial charge in [-0.15, -0.1) is 0 Å². The molecule has 1 fully saturated rings. The molecule has 80 valence electrons. The Kier molecular flexibility index (Phi) is 2.29. The van der Waals surface area contributed by atoms with Crippen LogP contribution in [0.1, 0.15) is 34.6 Å². The van der Waals surface area contributed by atoms with Gasteiger partial charge in [0.1, 0.15) is 0 Å². The van der Waals surface area contributed by atoms with Gasteiger partial charge in [0.05, 0.1) is 5.92 Å². The van der Waals surface area contributed by atoms with Gasteiger partial charge < -0.3 is 5.11 Å². The molecule has 0 radical (unpaired) electrons. The summed E-state index contributed by atoms with van der Waals surface area (Å²) in [6, 6.07) is 4.28. The van der Waals surface area contributed by atoms with E-state index < -0.39 is 5.97 Å². The lowest BCUT2D eigenvalue weighted by Crippen LogP contribution is -2.01. The average molecular weight is 204 g/mol. The van der Waals surface area contributed by atoms with Crippen LogP contribution >= 0.6 is 0 Å². The second kappa shape index (κ2) is 3.37. The van der Waals surface area contributed by atoms with Crippen molar-refractivity contribution in [2.75, 3.05) is 0 Å². The molecule has 0 saturated heterocycles. The zero-order chi connectivity index (χ0) is 11.2. The predicted octanol–water partition coefficient (Wildman–Crippen LogP) is 2.80. The van der Waals surface area contributed by atoms with E-state index >= 15 is 0 Å². The van der Waals surface area contributed by atoms with E-state index in [-0.39, 0.29) is 11.8 Å². The topological polar surface area (TPSA) is 37.3 Å². The minimum atomic E-state index is -0.653. The molecule has 1 N–H and O–H groups in total. The lowest BCUT2D eigenvalue weighted by atomic mass is 9.95. The summed E-state index contributed by atoms with van der Waals surface area (Å²) in [5, 5.41) is 8.92. The first-order valence-corrected chi connectivity index (χ1v) is 5.31. The normalized spacial score (nSPS) is 23.9. The van der Waals surface area contributed by atoms with E-state index in [1.54, 1.807) is 0 Å². The summed E-state index contributed by atoms with van der Waals surface area (Å²) in [6.07, 6.45) is 0.806. The van der Waals surface area contributed by atoms with Crippen LogP contribution in [0.5, 0.6) is 0 Å². The number of carboxylic acid groups (broad SMARTS) is 1. The Morgan fingerprint density at radius 3 is 2.20 bits per heavy atom. The molecule has 0 aliphatic heterocycles. The van der Waals surface area contributed by atoms with Gasteiger partial charge in [-0.3, -0.25) is 4.79 Å². The third kappa shape index (κ3) is 1.76. The van der Waals surface area contributed by atoms with Crippen molar-refractivity contribution >= 4 is 5.97 Å². The van der Waals surface area contributed by atoms with E-state index in [0.717, 1.165) is 6.42 Å². The van der Waals surface area contributed by atoms with Crippen molar-refractivity contribution < 1.29 is 9.90 Å². The van der Waals surface area contributed by atoms with Gasteiger partial charge in [-0.25, -0.2) is 0 Å². The van der Waals surface area contributed by atoms with Crippen molar-refractivity contribution in [3.8, 4) is 0 Å². The van der Waals surface area contributed by atoms with E-state index in [0.29, 0.717) is 0 Å².